The smallest absolute Gasteiger partial charge is 0.193 e. The fraction of sp³-hybridized carbons (Fsp3) is 0.556. The van der Waals surface area contributed by atoms with E-state index >= 15 is 0 Å². The van der Waals surface area contributed by atoms with Gasteiger partial charge in [-0.15, -0.1) is 11.3 Å². The fourth-order valence-electron chi connectivity index (χ4n) is 3.69. The maximum Gasteiger partial charge on any atom is 0.193 e. The van der Waals surface area contributed by atoms with Crippen molar-refractivity contribution in [3.8, 4) is 5.13 Å². The molecule has 1 unspecified atom stereocenters. The van der Waals surface area contributed by atoms with E-state index in [9.17, 15) is 4.79 Å². The quantitative estimate of drug-likeness (QED) is 0.782. The van der Waals surface area contributed by atoms with Gasteiger partial charge in [-0.1, -0.05) is 0 Å². The Kier molecular flexibility index (Phi) is 5.48. The van der Waals surface area contributed by atoms with Gasteiger partial charge >= 0.3 is 0 Å². The zero-order chi connectivity index (χ0) is 17.1. The summed E-state index contributed by atoms with van der Waals surface area (Å²) in [6.45, 7) is 5.69. The summed E-state index contributed by atoms with van der Waals surface area (Å²) in [5.41, 5.74) is 2.82. The van der Waals surface area contributed by atoms with Gasteiger partial charge in [0.05, 0.1) is 6.54 Å². The summed E-state index contributed by atoms with van der Waals surface area (Å²) in [6.07, 6.45) is 5.85. The molecule has 0 radical (unpaired) electrons. The number of aromatic nitrogens is 2. The number of thiazole rings is 1. The van der Waals surface area contributed by atoms with Gasteiger partial charge in [0.15, 0.2) is 10.9 Å². The van der Waals surface area contributed by atoms with Gasteiger partial charge in [0, 0.05) is 41.2 Å². The van der Waals surface area contributed by atoms with Gasteiger partial charge in [0.1, 0.15) is 0 Å². The number of ketones is 1. The van der Waals surface area contributed by atoms with E-state index in [0.29, 0.717) is 12.6 Å². The third-order valence-corrected chi connectivity index (χ3v) is 5.64. The van der Waals surface area contributed by atoms with Crippen LogP contribution in [0.25, 0.3) is 5.13 Å². The summed E-state index contributed by atoms with van der Waals surface area (Å²) >= 11 is 1.58. The number of likely N-dealkylation sites (tertiary alicyclic amines) is 1. The van der Waals surface area contributed by atoms with Crippen LogP contribution in [0.3, 0.4) is 0 Å². The topological polar surface area (TPSA) is 58.4 Å². The number of aliphatic hydroxyl groups is 1. The summed E-state index contributed by atoms with van der Waals surface area (Å²) in [6, 6.07) is 2.42. The van der Waals surface area contributed by atoms with Crippen molar-refractivity contribution in [1.29, 1.82) is 0 Å². The first-order valence-corrected chi connectivity index (χ1v) is 9.46. The molecule has 0 saturated carbocycles. The number of hydrogen-bond donors (Lipinski definition) is 1. The highest BCUT2D eigenvalue weighted by Gasteiger charge is 2.27. The fourth-order valence-corrected chi connectivity index (χ4v) is 4.44. The number of aliphatic hydroxyl groups excluding tert-OH is 1. The predicted molar refractivity (Wildman–Crippen MR) is 96.2 cm³/mol. The average molecular weight is 347 g/mol. The van der Waals surface area contributed by atoms with Crippen LogP contribution < -0.4 is 0 Å². The zero-order valence-electron chi connectivity index (χ0n) is 14.4. The van der Waals surface area contributed by atoms with Gasteiger partial charge < -0.3 is 5.11 Å². The molecule has 3 rings (SSSR count). The Labute approximate surface area is 146 Å². The van der Waals surface area contributed by atoms with E-state index < -0.39 is 0 Å². The Bertz CT molecular complexity index is 693. The number of hydrogen-bond acceptors (Lipinski definition) is 5. The molecule has 0 amide bonds. The van der Waals surface area contributed by atoms with Crippen molar-refractivity contribution in [2.45, 2.75) is 45.6 Å². The minimum atomic E-state index is 0.182. The van der Waals surface area contributed by atoms with E-state index in [2.05, 4.69) is 14.5 Å². The van der Waals surface area contributed by atoms with E-state index in [1.807, 2.05) is 25.3 Å². The van der Waals surface area contributed by atoms with Crippen molar-refractivity contribution in [3.63, 3.8) is 0 Å². The van der Waals surface area contributed by atoms with Crippen molar-refractivity contribution in [3.05, 3.63) is 34.6 Å². The molecule has 5 nitrogen and oxygen atoms in total. The molecule has 2 aromatic heterocycles. The van der Waals surface area contributed by atoms with Crippen LogP contribution in [0.15, 0.2) is 17.6 Å². The largest absolute Gasteiger partial charge is 0.396 e. The molecule has 0 bridgehead atoms. The van der Waals surface area contributed by atoms with Crippen LogP contribution in [0, 0.1) is 13.8 Å². The van der Waals surface area contributed by atoms with Crippen LogP contribution >= 0.6 is 11.3 Å². The molecular formula is C18H25N3O2S. The molecular weight excluding hydrogens is 322 g/mol. The molecule has 0 spiro atoms. The number of aryl methyl sites for hydroxylation is 1. The third-order valence-electron chi connectivity index (χ3n) is 4.88. The Morgan fingerprint density at radius 2 is 2.29 bits per heavy atom. The van der Waals surface area contributed by atoms with E-state index in [4.69, 9.17) is 5.11 Å². The van der Waals surface area contributed by atoms with Crippen molar-refractivity contribution in [2.24, 2.45) is 0 Å². The second-order valence-electron chi connectivity index (χ2n) is 6.49. The molecule has 6 heteroatoms. The number of Topliss-reactive ketones (excluding diaryl/α,β-unsaturated/α-hetero) is 1. The second-order valence-corrected chi connectivity index (χ2v) is 7.36. The lowest BCUT2D eigenvalue weighted by atomic mass is 10.1. The Hall–Kier alpha value is -1.50. The highest BCUT2D eigenvalue weighted by Crippen LogP contribution is 2.25. The number of nitrogens with zero attached hydrogens (tertiary/aromatic N) is 3. The first-order valence-electron chi connectivity index (χ1n) is 8.58. The van der Waals surface area contributed by atoms with Crippen molar-refractivity contribution in [1.82, 2.24) is 14.5 Å². The second kappa shape index (κ2) is 7.59. The SMILES string of the molecule is Cc1cc(C(=O)CN2CCCC2CCCO)c(C)n1-c1nccs1. The van der Waals surface area contributed by atoms with Crippen molar-refractivity contribution < 1.29 is 9.90 Å². The van der Waals surface area contributed by atoms with E-state index in [1.165, 1.54) is 0 Å². The minimum Gasteiger partial charge on any atom is -0.396 e. The lowest BCUT2D eigenvalue weighted by Crippen LogP contribution is -2.34. The van der Waals surface area contributed by atoms with E-state index in [-0.39, 0.29) is 12.4 Å². The molecule has 2 aromatic rings. The molecule has 1 fully saturated rings. The van der Waals surface area contributed by atoms with Crippen LogP contribution in [0.1, 0.15) is 47.4 Å². The molecule has 1 aliphatic rings. The molecule has 0 aromatic carbocycles. The number of rotatable bonds is 7. The van der Waals surface area contributed by atoms with Crippen LogP contribution in [0.4, 0.5) is 0 Å². The maximum atomic E-state index is 12.9. The van der Waals surface area contributed by atoms with Gasteiger partial charge in [0.25, 0.3) is 0 Å². The van der Waals surface area contributed by atoms with Gasteiger partial charge in [0.2, 0.25) is 0 Å². The first kappa shape index (κ1) is 17.3. The van der Waals surface area contributed by atoms with Crippen molar-refractivity contribution in [2.75, 3.05) is 19.7 Å². The molecule has 1 atom stereocenters. The summed E-state index contributed by atoms with van der Waals surface area (Å²) in [7, 11) is 0. The highest BCUT2D eigenvalue weighted by atomic mass is 32.1. The molecule has 130 valence electrons. The third kappa shape index (κ3) is 3.45. The Morgan fingerprint density at radius 1 is 1.46 bits per heavy atom. The Balaban J connectivity index is 1.75. The standard InChI is InChI=1S/C18H25N3O2S/c1-13-11-16(14(2)21(13)18-19-7-10-24-18)17(23)12-20-8-3-5-15(20)6-4-9-22/h7,10-11,15,22H,3-6,8-9,12H2,1-2H3. The highest BCUT2D eigenvalue weighted by molar-refractivity contribution is 7.12. The Morgan fingerprint density at radius 3 is 3.00 bits per heavy atom. The van der Waals surface area contributed by atoms with Gasteiger partial charge in [-0.3, -0.25) is 14.3 Å². The molecule has 24 heavy (non-hydrogen) atoms. The molecule has 1 aliphatic heterocycles. The number of carbonyl (C=O) groups is 1. The summed E-state index contributed by atoms with van der Waals surface area (Å²) < 4.78 is 2.06. The predicted octanol–water partition coefficient (Wildman–Crippen LogP) is 2.97. The van der Waals surface area contributed by atoms with Crippen LogP contribution in [-0.4, -0.2) is 51.1 Å². The zero-order valence-corrected chi connectivity index (χ0v) is 15.2. The van der Waals surface area contributed by atoms with Crippen LogP contribution in [-0.2, 0) is 0 Å². The number of carbonyl (C=O) groups excluding carboxylic acids is 1. The van der Waals surface area contributed by atoms with Gasteiger partial charge in [-0.25, -0.2) is 4.98 Å². The summed E-state index contributed by atoms with van der Waals surface area (Å²) in [5, 5.41) is 11.9. The molecule has 1 saturated heterocycles. The normalized spacial score (nSPS) is 18.4. The van der Waals surface area contributed by atoms with Gasteiger partial charge in [-0.05, 0) is 52.1 Å². The lowest BCUT2D eigenvalue weighted by Gasteiger charge is -2.23. The maximum absolute atomic E-state index is 12.9. The van der Waals surface area contributed by atoms with Crippen LogP contribution in [0.2, 0.25) is 0 Å². The molecule has 1 N–H and O–H groups in total. The van der Waals surface area contributed by atoms with Gasteiger partial charge in [-0.2, -0.15) is 0 Å². The molecule has 3 heterocycles. The van der Waals surface area contributed by atoms with Crippen LogP contribution in [0.5, 0.6) is 0 Å². The average Bonchev–Trinajstić information content (AvgIpc) is 3.27. The summed E-state index contributed by atoms with van der Waals surface area (Å²) in [4.78, 5) is 19.5. The molecule has 0 aliphatic carbocycles. The lowest BCUT2D eigenvalue weighted by molar-refractivity contribution is 0.0915. The minimum absolute atomic E-state index is 0.182. The van der Waals surface area contributed by atoms with Crippen molar-refractivity contribution >= 4 is 17.1 Å². The van der Waals surface area contributed by atoms with E-state index in [0.717, 1.165) is 54.3 Å². The first-order chi connectivity index (χ1) is 11.6. The van der Waals surface area contributed by atoms with E-state index in [1.54, 1.807) is 17.5 Å². The monoisotopic (exact) mass is 347 g/mol. The summed E-state index contributed by atoms with van der Waals surface area (Å²) in [5.74, 6) is 0.182.